The van der Waals surface area contributed by atoms with Crippen molar-refractivity contribution in [3.05, 3.63) is 28.8 Å². The van der Waals surface area contributed by atoms with Crippen LogP contribution in [0.1, 0.15) is 38.2 Å². The Bertz CT molecular complexity index is 433. The van der Waals surface area contributed by atoms with E-state index in [1.54, 1.807) is 0 Å². The second kappa shape index (κ2) is 8.62. The molecule has 1 saturated heterocycles. The average molecular weight is 311 g/mol. The molecule has 4 heteroatoms. The molecule has 0 aliphatic carbocycles. The van der Waals surface area contributed by atoms with Gasteiger partial charge in [-0.05, 0) is 49.9 Å². The van der Waals surface area contributed by atoms with E-state index in [-0.39, 0.29) is 0 Å². The van der Waals surface area contributed by atoms with Crippen LogP contribution in [-0.2, 0) is 11.3 Å². The van der Waals surface area contributed by atoms with Crippen LogP contribution < -0.4 is 10.2 Å². The minimum Gasteiger partial charge on any atom is -0.376 e. The first-order valence-corrected chi connectivity index (χ1v) is 8.40. The lowest BCUT2D eigenvalue weighted by atomic mass is 10.1. The highest BCUT2D eigenvalue weighted by atomic mass is 35.5. The lowest BCUT2D eigenvalue weighted by Crippen LogP contribution is -2.34. The number of anilines is 1. The Morgan fingerprint density at radius 3 is 2.95 bits per heavy atom. The van der Waals surface area contributed by atoms with E-state index in [1.807, 2.05) is 6.07 Å². The van der Waals surface area contributed by atoms with Crippen molar-refractivity contribution in [1.29, 1.82) is 0 Å². The highest BCUT2D eigenvalue weighted by molar-refractivity contribution is 6.30. The van der Waals surface area contributed by atoms with Crippen LogP contribution in [0.5, 0.6) is 0 Å². The van der Waals surface area contributed by atoms with E-state index in [0.717, 1.165) is 44.1 Å². The summed E-state index contributed by atoms with van der Waals surface area (Å²) in [5.41, 5.74) is 2.51. The highest BCUT2D eigenvalue weighted by Crippen LogP contribution is 2.25. The summed E-state index contributed by atoms with van der Waals surface area (Å²) in [5.74, 6) is 0. The number of benzene rings is 1. The first-order valence-electron chi connectivity index (χ1n) is 8.02. The molecular formula is C17H27ClN2O. The number of hydrogen-bond donors (Lipinski definition) is 1. The van der Waals surface area contributed by atoms with Crippen molar-refractivity contribution in [2.45, 2.75) is 45.3 Å². The number of nitrogens with zero attached hydrogens (tertiary/aromatic N) is 1. The van der Waals surface area contributed by atoms with Crippen LogP contribution in [0.15, 0.2) is 18.2 Å². The molecule has 1 aromatic carbocycles. The van der Waals surface area contributed by atoms with E-state index in [2.05, 4.69) is 36.3 Å². The third-order valence-corrected chi connectivity index (χ3v) is 4.19. The third kappa shape index (κ3) is 5.17. The van der Waals surface area contributed by atoms with E-state index in [0.29, 0.717) is 6.10 Å². The molecular weight excluding hydrogens is 284 g/mol. The van der Waals surface area contributed by atoms with Gasteiger partial charge in [0.15, 0.2) is 0 Å². The number of nitrogens with one attached hydrogen (secondary N) is 1. The zero-order chi connectivity index (χ0) is 15.1. The molecule has 3 nitrogen and oxygen atoms in total. The fourth-order valence-corrected chi connectivity index (χ4v) is 2.96. The Labute approximate surface area is 133 Å². The summed E-state index contributed by atoms with van der Waals surface area (Å²) >= 11 is 6.19. The van der Waals surface area contributed by atoms with Crippen LogP contribution in [0.3, 0.4) is 0 Å². The van der Waals surface area contributed by atoms with Crippen molar-refractivity contribution < 1.29 is 4.74 Å². The predicted molar refractivity (Wildman–Crippen MR) is 90.3 cm³/mol. The van der Waals surface area contributed by atoms with Crippen molar-refractivity contribution >= 4 is 17.3 Å². The van der Waals surface area contributed by atoms with Gasteiger partial charge in [0.1, 0.15) is 0 Å². The Morgan fingerprint density at radius 2 is 2.24 bits per heavy atom. The lowest BCUT2D eigenvalue weighted by molar-refractivity contribution is 0.0216. The average Bonchev–Trinajstić information content (AvgIpc) is 2.50. The summed E-state index contributed by atoms with van der Waals surface area (Å²) in [6.07, 6.45) is 5.13. The fraction of sp³-hybridized carbons (Fsp3) is 0.647. The van der Waals surface area contributed by atoms with Gasteiger partial charge in [-0.2, -0.15) is 0 Å². The molecule has 0 spiro atoms. The molecule has 1 aliphatic heterocycles. The molecule has 0 amide bonds. The zero-order valence-corrected chi connectivity index (χ0v) is 14.0. The minimum absolute atomic E-state index is 0.346. The Hall–Kier alpha value is -0.770. The molecule has 0 saturated carbocycles. The number of hydrogen-bond acceptors (Lipinski definition) is 3. The molecule has 1 N–H and O–H groups in total. The van der Waals surface area contributed by atoms with Gasteiger partial charge in [0.25, 0.3) is 0 Å². The second-order valence-electron chi connectivity index (χ2n) is 5.82. The normalized spacial score (nSPS) is 18.7. The van der Waals surface area contributed by atoms with Crippen molar-refractivity contribution in [3.8, 4) is 0 Å². The standard InChI is InChI=1S/C17H27ClN2O/c1-3-9-19-12-14-7-8-15(18)11-17(14)20(2)13-16-6-4-5-10-21-16/h7-8,11,16,19H,3-6,9-10,12-13H2,1-2H3. The van der Waals surface area contributed by atoms with Crippen LogP contribution in [0.2, 0.25) is 5.02 Å². The van der Waals surface area contributed by atoms with Crippen LogP contribution in [0, 0.1) is 0 Å². The molecule has 1 atom stereocenters. The van der Waals surface area contributed by atoms with Crippen LogP contribution >= 0.6 is 11.6 Å². The molecule has 0 radical (unpaired) electrons. The van der Waals surface area contributed by atoms with E-state index < -0.39 is 0 Å². The maximum atomic E-state index is 6.19. The van der Waals surface area contributed by atoms with Crippen LogP contribution in [0.25, 0.3) is 0 Å². The maximum Gasteiger partial charge on any atom is 0.0749 e. The van der Waals surface area contributed by atoms with Gasteiger partial charge >= 0.3 is 0 Å². The van der Waals surface area contributed by atoms with Gasteiger partial charge in [-0.3, -0.25) is 0 Å². The van der Waals surface area contributed by atoms with E-state index >= 15 is 0 Å². The summed E-state index contributed by atoms with van der Waals surface area (Å²) < 4.78 is 5.85. The molecule has 21 heavy (non-hydrogen) atoms. The Balaban J connectivity index is 2.02. The first-order chi connectivity index (χ1) is 10.2. The summed E-state index contributed by atoms with van der Waals surface area (Å²) in [7, 11) is 2.13. The van der Waals surface area contributed by atoms with E-state index in [4.69, 9.17) is 16.3 Å². The largest absolute Gasteiger partial charge is 0.376 e. The fourth-order valence-electron chi connectivity index (χ4n) is 2.80. The summed E-state index contributed by atoms with van der Waals surface area (Å²) in [5, 5.41) is 4.26. The van der Waals surface area contributed by atoms with Crippen LogP contribution in [0.4, 0.5) is 5.69 Å². The molecule has 1 aliphatic rings. The number of rotatable bonds is 7. The monoisotopic (exact) mass is 310 g/mol. The molecule has 1 heterocycles. The number of halogens is 1. The molecule has 2 rings (SSSR count). The second-order valence-corrected chi connectivity index (χ2v) is 6.26. The van der Waals surface area contributed by atoms with Crippen molar-refractivity contribution in [3.63, 3.8) is 0 Å². The Morgan fingerprint density at radius 1 is 1.38 bits per heavy atom. The summed E-state index contributed by atoms with van der Waals surface area (Å²) in [6.45, 7) is 5.94. The van der Waals surface area contributed by atoms with Gasteiger partial charge in [-0.15, -0.1) is 0 Å². The summed E-state index contributed by atoms with van der Waals surface area (Å²) in [6, 6.07) is 6.16. The lowest BCUT2D eigenvalue weighted by Gasteiger charge is -2.30. The molecule has 118 valence electrons. The first kappa shape index (κ1) is 16.6. The van der Waals surface area contributed by atoms with Crippen LogP contribution in [-0.4, -0.2) is 32.8 Å². The quantitative estimate of drug-likeness (QED) is 0.774. The molecule has 1 fully saturated rings. The van der Waals surface area contributed by atoms with Crippen molar-refractivity contribution in [2.24, 2.45) is 0 Å². The van der Waals surface area contributed by atoms with Gasteiger partial charge in [0.05, 0.1) is 6.10 Å². The minimum atomic E-state index is 0.346. The van der Waals surface area contributed by atoms with E-state index in [9.17, 15) is 0 Å². The van der Waals surface area contributed by atoms with Gasteiger partial charge < -0.3 is 15.0 Å². The number of ether oxygens (including phenoxy) is 1. The van der Waals surface area contributed by atoms with Gasteiger partial charge in [-0.1, -0.05) is 24.6 Å². The molecule has 0 bridgehead atoms. The SMILES string of the molecule is CCCNCc1ccc(Cl)cc1N(C)CC1CCCCO1. The topological polar surface area (TPSA) is 24.5 Å². The molecule has 1 unspecified atom stereocenters. The Kier molecular flexibility index (Phi) is 6.81. The van der Waals surface area contributed by atoms with Gasteiger partial charge in [0, 0.05) is 37.5 Å². The maximum absolute atomic E-state index is 6.19. The van der Waals surface area contributed by atoms with Gasteiger partial charge in [0.2, 0.25) is 0 Å². The zero-order valence-electron chi connectivity index (χ0n) is 13.2. The smallest absolute Gasteiger partial charge is 0.0749 e. The van der Waals surface area contributed by atoms with E-state index in [1.165, 1.54) is 24.1 Å². The molecule has 1 aromatic rings. The predicted octanol–water partition coefficient (Wildman–Crippen LogP) is 3.84. The number of likely N-dealkylation sites (N-methyl/N-ethyl adjacent to an activating group) is 1. The highest BCUT2D eigenvalue weighted by Gasteiger charge is 2.17. The van der Waals surface area contributed by atoms with Crippen molar-refractivity contribution in [1.82, 2.24) is 5.32 Å². The molecule has 0 aromatic heterocycles. The van der Waals surface area contributed by atoms with Crippen molar-refractivity contribution in [2.75, 3.05) is 31.6 Å². The third-order valence-electron chi connectivity index (χ3n) is 3.95. The van der Waals surface area contributed by atoms with Gasteiger partial charge in [-0.25, -0.2) is 0 Å². The summed E-state index contributed by atoms with van der Waals surface area (Å²) in [4.78, 5) is 2.28.